The summed E-state index contributed by atoms with van der Waals surface area (Å²) in [5.41, 5.74) is 6.81. The van der Waals surface area contributed by atoms with Crippen LogP contribution < -0.4 is 11.1 Å². The number of fused-ring (bicyclic) bond motifs is 2. The highest BCUT2D eigenvalue weighted by Gasteiger charge is 2.35. The molecule has 2 aromatic rings. The Kier molecular flexibility index (Phi) is 5.11. The highest BCUT2D eigenvalue weighted by Crippen LogP contribution is 2.45. The van der Waals surface area contributed by atoms with Crippen molar-refractivity contribution in [3.63, 3.8) is 0 Å². The Bertz CT molecular complexity index is 910. The molecular weight excluding hydrogens is 387 g/mol. The zero-order valence-electron chi connectivity index (χ0n) is 15.1. The van der Waals surface area contributed by atoms with Crippen LogP contribution in [0.1, 0.15) is 16.7 Å². The van der Waals surface area contributed by atoms with Crippen molar-refractivity contribution >= 4 is 23.4 Å². The molecule has 3 N–H and O–H groups in total. The molecule has 2 aliphatic heterocycles. The van der Waals surface area contributed by atoms with Gasteiger partial charge in [-0.15, -0.1) is 0 Å². The highest BCUT2D eigenvalue weighted by molar-refractivity contribution is 7.99. The number of nitrogens with one attached hydrogen (secondary N) is 1. The average Bonchev–Trinajstić information content (AvgIpc) is 2.61. The predicted octanol–water partition coefficient (Wildman–Crippen LogP) is 3.59. The zero-order valence-corrected chi connectivity index (χ0v) is 15.9. The van der Waals surface area contributed by atoms with Crippen molar-refractivity contribution in [2.24, 2.45) is 11.7 Å². The molecule has 4 rings (SSSR count). The van der Waals surface area contributed by atoms with Gasteiger partial charge in [0.25, 0.3) is 0 Å². The smallest absolute Gasteiger partial charge is 0.329 e. The molecule has 1 saturated heterocycles. The molecule has 148 valence electrons. The first kappa shape index (κ1) is 19.3. The fourth-order valence-corrected chi connectivity index (χ4v) is 4.73. The van der Waals surface area contributed by atoms with Crippen LogP contribution in [0.2, 0.25) is 0 Å². The van der Waals surface area contributed by atoms with Crippen molar-refractivity contribution in [3.8, 4) is 0 Å². The second-order valence-corrected chi connectivity index (χ2v) is 8.20. The Morgan fingerprint density at radius 3 is 2.68 bits per heavy atom. The van der Waals surface area contributed by atoms with E-state index in [0.29, 0.717) is 31.0 Å². The van der Waals surface area contributed by atoms with Gasteiger partial charge in [0.15, 0.2) is 0 Å². The molecule has 0 aromatic heterocycles. The standard InChI is InChI=1S/C20H20F3N3OS/c21-20(22,23)14-8-16(25-19(27)13-10-26(11-13)6-5-24)15-7-12-3-1-2-4-17(12)28-18(15)9-14/h1-4,8-9,13H,5-7,10-11,24H2,(H,25,27). The van der Waals surface area contributed by atoms with Crippen molar-refractivity contribution in [1.29, 1.82) is 0 Å². The maximum absolute atomic E-state index is 13.4. The van der Waals surface area contributed by atoms with Crippen LogP contribution in [-0.4, -0.2) is 37.0 Å². The maximum atomic E-state index is 13.4. The molecule has 8 heteroatoms. The first-order chi connectivity index (χ1) is 13.3. The number of carbonyl (C=O) groups is 1. The fraction of sp³-hybridized carbons (Fsp3) is 0.350. The van der Waals surface area contributed by atoms with E-state index in [1.165, 1.54) is 17.8 Å². The van der Waals surface area contributed by atoms with Crippen LogP contribution in [0.15, 0.2) is 46.2 Å². The van der Waals surface area contributed by atoms with Crippen LogP contribution in [0.3, 0.4) is 0 Å². The molecule has 0 aliphatic carbocycles. The van der Waals surface area contributed by atoms with Gasteiger partial charge in [0.1, 0.15) is 0 Å². The average molecular weight is 407 g/mol. The molecule has 0 bridgehead atoms. The number of hydrogen-bond acceptors (Lipinski definition) is 4. The third-order valence-corrected chi connectivity index (χ3v) is 6.33. The van der Waals surface area contributed by atoms with E-state index in [4.69, 9.17) is 5.73 Å². The molecule has 0 spiro atoms. The fourth-order valence-electron chi connectivity index (χ4n) is 3.59. The van der Waals surface area contributed by atoms with Crippen molar-refractivity contribution in [2.45, 2.75) is 22.4 Å². The lowest BCUT2D eigenvalue weighted by Crippen LogP contribution is -2.53. The van der Waals surface area contributed by atoms with Gasteiger partial charge in [-0.3, -0.25) is 4.79 Å². The molecule has 2 heterocycles. The number of nitrogens with zero attached hydrogens (tertiary/aromatic N) is 1. The number of halogens is 3. The van der Waals surface area contributed by atoms with Gasteiger partial charge in [0, 0.05) is 48.1 Å². The first-order valence-electron chi connectivity index (χ1n) is 9.08. The molecule has 0 saturated carbocycles. The summed E-state index contributed by atoms with van der Waals surface area (Å²) in [6, 6.07) is 9.89. The summed E-state index contributed by atoms with van der Waals surface area (Å²) in [4.78, 5) is 16.1. The van der Waals surface area contributed by atoms with Crippen LogP contribution in [0.5, 0.6) is 0 Å². The Morgan fingerprint density at radius 2 is 1.96 bits per heavy atom. The topological polar surface area (TPSA) is 58.4 Å². The molecular formula is C20H20F3N3OS. The summed E-state index contributed by atoms with van der Waals surface area (Å²) >= 11 is 1.32. The van der Waals surface area contributed by atoms with Gasteiger partial charge < -0.3 is 16.0 Å². The lowest BCUT2D eigenvalue weighted by atomic mass is 9.97. The third kappa shape index (κ3) is 3.76. The van der Waals surface area contributed by atoms with Gasteiger partial charge in [-0.25, -0.2) is 0 Å². The SMILES string of the molecule is NCCN1CC(C(=O)Nc2cc(C(F)(F)F)cc3c2Cc2ccccc2S3)C1. The summed E-state index contributed by atoms with van der Waals surface area (Å²) in [6.45, 7) is 2.41. The van der Waals surface area contributed by atoms with E-state index < -0.39 is 11.7 Å². The summed E-state index contributed by atoms with van der Waals surface area (Å²) in [6.07, 6.45) is -3.98. The van der Waals surface area contributed by atoms with E-state index >= 15 is 0 Å². The lowest BCUT2D eigenvalue weighted by Gasteiger charge is -2.38. The Morgan fingerprint density at radius 1 is 1.21 bits per heavy atom. The van der Waals surface area contributed by atoms with Crippen molar-refractivity contribution in [1.82, 2.24) is 4.90 Å². The second-order valence-electron chi connectivity index (χ2n) is 7.12. The number of anilines is 1. The summed E-state index contributed by atoms with van der Waals surface area (Å²) < 4.78 is 40.2. The van der Waals surface area contributed by atoms with Gasteiger partial charge in [0.05, 0.1) is 11.5 Å². The Balaban J connectivity index is 1.62. The Hall–Kier alpha value is -2.03. The normalized spacial score (nSPS) is 16.9. The van der Waals surface area contributed by atoms with Gasteiger partial charge >= 0.3 is 6.18 Å². The van der Waals surface area contributed by atoms with Gasteiger partial charge in [0.2, 0.25) is 5.91 Å². The Labute approximate surface area is 165 Å². The van der Waals surface area contributed by atoms with E-state index in [9.17, 15) is 18.0 Å². The third-order valence-electron chi connectivity index (χ3n) is 5.13. The van der Waals surface area contributed by atoms with Crippen molar-refractivity contribution in [3.05, 3.63) is 53.1 Å². The molecule has 1 fully saturated rings. The minimum Gasteiger partial charge on any atom is -0.329 e. The lowest BCUT2D eigenvalue weighted by molar-refractivity contribution is -0.137. The van der Waals surface area contributed by atoms with Crippen LogP contribution >= 0.6 is 11.8 Å². The molecule has 2 aromatic carbocycles. The van der Waals surface area contributed by atoms with E-state index in [2.05, 4.69) is 10.2 Å². The van der Waals surface area contributed by atoms with Gasteiger partial charge in [-0.2, -0.15) is 13.2 Å². The highest BCUT2D eigenvalue weighted by atomic mass is 32.2. The van der Waals surface area contributed by atoms with E-state index in [1.807, 2.05) is 24.3 Å². The van der Waals surface area contributed by atoms with Crippen LogP contribution in [0.25, 0.3) is 0 Å². The number of hydrogen-bond donors (Lipinski definition) is 2. The van der Waals surface area contributed by atoms with E-state index in [1.54, 1.807) is 0 Å². The van der Waals surface area contributed by atoms with Gasteiger partial charge in [-0.05, 0) is 29.3 Å². The van der Waals surface area contributed by atoms with Crippen molar-refractivity contribution in [2.75, 3.05) is 31.5 Å². The van der Waals surface area contributed by atoms with Crippen LogP contribution in [-0.2, 0) is 17.4 Å². The van der Waals surface area contributed by atoms with E-state index in [-0.39, 0.29) is 17.5 Å². The molecule has 0 atom stereocenters. The monoisotopic (exact) mass is 407 g/mol. The molecule has 4 nitrogen and oxygen atoms in total. The van der Waals surface area contributed by atoms with Crippen LogP contribution in [0.4, 0.5) is 18.9 Å². The summed E-state index contributed by atoms with van der Waals surface area (Å²) in [5, 5.41) is 2.77. The number of benzene rings is 2. The number of carbonyl (C=O) groups excluding carboxylic acids is 1. The molecule has 2 aliphatic rings. The maximum Gasteiger partial charge on any atom is 0.416 e. The molecule has 1 amide bonds. The quantitative estimate of drug-likeness (QED) is 0.694. The summed E-state index contributed by atoms with van der Waals surface area (Å²) in [7, 11) is 0. The largest absolute Gasteiger partial charge is 0.416 e. The molecule has 28 heavy (non-hydrogen) atoms. The molecule has 0 unspecified atom stereocenters. The van der Waals surface area contributed by atoms with E-state index in [0.717, 1.165) is 28.6 Å². The number of amides is 1. The number of rotatable bonds is 4. The zero-order chi connectivity index (χ0) is 19.9. The first-order valence-corrected chi connectivity index (χ1v) is 9.90. The minimum absolute atomic E-state index is 0.222. The summed E-state index contributed by atoms with van der Waals surface area (Å²) in [5.74, 6) is -0.459. The number of likely N-dealkylation sites (tertiary alicyclic amines) is 1. The number of nitrogens with two attached hydrogens (primary N) is 1. The molecule has 0 radical (unpaired) electrons. The number of alkyl halides is 3. The predicted molar refractivity (Wildman–Crippen MR) is 102 cm³/mol. The van der Waals surface area contributed by atoms with Crippen molar-refractivity contribution < 1.29 is 18.0 Å². The minimum atomic E-state index is -4.47. The van der Waals surface area contributed by atoms with Gasteiger partial charge in [-0.1, -0.05) is 30.0 Å². The van der Waals surface area contributed by atoms with Crippen LogP contribution in [0, 0.1) is 5.92 Å². The second kappa shape index (κ2) is 7.42.